The molecule has 0 unspecified atom stereocenters. The second-order valence-corrected chi connectivity index (χ2v) is 13.1. The molecule has 0 saturated carbocycles. The van der Waals surface area contributed by atoms with Crippen LogP contribution < -0.4 is 9.80 Å². The average Bonchev–Trinajstić information content (AvgIpc) is 3.61. The van der Waals surface area contributed by atoms with E-state index in [2.05, 4.69) is 198 Å². The largest absolute Gasteiger partial charge is 0.456 e. The van der Waals surface area contributed by atoms with Gasteiger partial charge in [0.15, 0.2) is 0 Å². The molecule has 0 spiro atoms. The molecule has 0 aliphatic carbocycles. The lowest BCUT2D eigenvalue weighted by Crippen LogP contribution is -2.18. The Morgan fingerprint density at radius 2 is 1.15 bits per heavy atom. The molecule has 0 bridgehead atoms. The fraction of sp³-hybridized carbons (Fsp3) is 0.0204. The summed E-state index contributed by atoms with van der Waals surface area (Å²) in [6.45, 7) is 5.16. The Morgan fingerprint density at radius 1 is 0.500 bits per heavy atom. The zero-order valence-electron chi connectivity index (χ0n) is 28.7. The van der Waals surface area contributed by atoms with Gasteiger partial charge in [0.1, 0.15) is 11.2 Å². The summed E-state index contributed by atoms with van der Waals surface area (Å²) in [5.41, 5.74) is 13.9. The highest BCUT2D eigenvalue weighted by atomic mass is 16.3. The van der Waals surface area contributed by atoms with Crippen molar-refractivity contribution in [2.75, 3.05) is 16.3 Å². The van der Waals surface area contributed by atoms with Gasteiger partial charge in [0.2, 0.25) is 0 Å². The highest BCUT2D eigenvalue weighted by Crippen LogP contribution is 2.41. The number of anilines is 5. The molecule has 2 heterocycles. The maximum Gasteiger partial charge on any atom is 0.137 e. The molecule has 0 amide bonds. The predicted octanol–water partition coefficient (Wildman–Crippen LogP) is 13.7. The average molecular weight is 669 g/mol. The molecule has 52 heavy (non-hydrogen) atoms. The summed E-state index contributed by atoms with van der Waals surface area (Å²) in [6, 6.07) is 60.2. The molecule has 1 aliphatic heterocycles. The van der Waals surface area contributed by atoms with E-state index in [1.807, 2.05) is 12.1 Å². The summed E-state index contributed by atoms with van der Waals surface area (Å²) in [6.07, 6.45) is 8.44. The van der Waals surface area contributed by atoms with Crippen molar-refractivity contribution in [2.45, 2.75) is 0 Å². The summed E-state index contributed by atoms with van der Waals surface area (Å²) in [7, 11) is 0. The number of furan rings is 1. The fourth-order valence-electron chi connectivity index (χ4n) is 7.22. The van der Waals surface area contributed by atoms with E-state index in [-0.39, 0.29) is 0 Å². The Kier molecular flexibility index (Phi) is 8.07. The van der Waals surface area contributed by atoms with Crippen LogP contribution in [-0.4, -0.2) is 6.54 Å². The van der Waals surface area contributed by atoms with Crippen molar-refractivity contribution in [2.24, 2.45) is 0 Å². The number of rotatable bonds is 6. The lowest BCUT2D eigenvalue weighted by atomic mass is 9.97. The van der Waals surface area contributed by atoms with Crippen LogP contribution in [-0.2, 0) is 0 Å². The van der Waals surface area contributed by atoms with Crippen LogP contribution in [0.4, 0.5) is 28.4 Å². The number of benzene rings is 7. The molecule has 8 aromatic rings. The first-order valence-corrected chi connectivity index (χ1v) is 17.7. The van der Waals surface area contributed by atoms with Crippen molar-refractivity contribution >= 4 is 55.9 Å². The molecular weight excluding hydrogens is 633 g/mol. The van der Waals surface area contributed by atoms with Crippen LogP contribution in [0.15, 0.2) is 205 Å². The fourth-order valence-corrected chi connectivity index (χ4v) is 7.22. The van der Waals surface area contributed by atoms with Crippen molar-refractivity contribution in [3.63, 3.8) is 0 Å². The van der Waals surface area contributed by atoms with Crippen LogP contribution in [0.2, 0.25) is 0 Å². The molecule has 3 nitrogen and oxygen atoms in total. The van der Waals surface area contributed by atoms with Crippen LogP contribution >= 0.6 is 0 Å². The number of nitrogens with zero attached hydrogens (tertiary/aromatic N) is 2. The van der Waals surface area contributed by atoms with Crippen LogP contribution in [0.25, 0.3) is 49.8 Å². The van der Waals surface area contributed by atoms with Gasteiger partial charge in [-0.05, 0) is 88.5 Å². The Balaban J connectivity index is 1.13. The lowest BCUT2D eigenvalue weighted by molar-refractivity contribution is 0.669. The third-order valence-electron chi connectivity index (χ3n) is 9.83. The van der Waals surface area contributed by atoms with Gasteiger partial charge in [-0.25, -0.2) is 0 Å². The molecule has 9 rings (SSSR count). The molecule has 3 heteroatoms. The van der Waals surface area contributed by atoms with E-state index in [1.165, 1.54) is 11.1 Å². The van der Waals surface area contributed by atoms with Gasteiger partial charge in [-0.2, -0.15) is 0 Å². The summed E-state index contributed by atoms with van der Waals surface area (Å²) >= 11 is 0. The van der Waals surface area contributed by atoms with E-state index in [9.17, 15) is 0 Å². The zero-order valence-corrected chi connectivity index (χ0v) is 28.7. The monoisotopic (exact) mass is 668 g/mol. The van der Waals surface area contributed by atoms with Crippen LogP contribution in [0.5, 0.6) is 0 Å². The molecule has 0 fully saturated rings. The molecule has 7 aromatic carbocycles. The molecule has 1 aromatic heterocycles. The van der Waals surface area contributed by atoms with Crippen LogP contribution in [0, 0.1) is 0 Å². The van der Waals surface area contributed by atoms with Crippen molar-refractivity contribution < 1.29 is 4.42 Å². The minimum absolute atomic E-state index is 0.695. The first-order chi connectivity index (χ1) is 25.7. The van der Waals surface area contributed by atoms with Crippen molar-refractivity contribution in [3.8, 4) is 22.3 Å². The van der Waals surface area contributed by atoms with Crippen molar-refractivity contribution in [1.82, 2.24) is 0 Å². The Morgan fingerprint density at radius 3 is 2.00 bits per heavy atom. The number of para-hydroxylation sites is 2. The summed E-state index contributed by atoms with van der Waals surface area (Å²) < 4.78 is 6.32. The SMILES string of the molecule is C=C1/C=C\C=C/CN(c2ccc3c(c2)oc2ccccc23)c2cc(-c3cccc(N(c4ccccc4)c4ccc(-c5ccccc5)cc4)c3)ccc21. The van der Waals surface area contributed by atoms with Crippen LogP contribution in [0.1, 0.15) is 5.56 Å². The van der Waals surface area contributed by atoms with E-state index in [0.717, 1.165) is 72.6 Å². The molecule has 248 valence electrons. The number of hydrogen-bond acceptors (Lipinski definition) is 3. The normalized spacial score (nSPS) is 14.0. The smallest absolute Gasteiger partial charge is 0.137 e. The maximum atomic E-state index is 6.32. The minimum atomic E-state index is 0.695. The predicted molar refractivity (Wildman–Crippen MR) is 220 cm³/mol. The highest BCUT2D eigenvalue weighted by molar-refractivity contribution is 6.06. The van der Waals surface area contributed by atoms with E-state index in [0.29, 0.717) is 6.54 Å². The van der Waals surface area contributed by atoms with Gasteiger partial charge in [0, 0.05) is 57.4 Å². The van der Waals surface area contributed by atoms with E-state index < -0.39 is 0 Å². The minimum Gasteiger partial charge on any atom is -0.456 e. The molecule has 0 atom stereocenters. The molecule has 0 N–H and O–H groups in total. The standard InChI is InChI=1S/C49H36N2O/c1-35-14-5-4-12-31-50(42-28-30-46-45-21-10-11-22-48(45)52-49(46)34-42)47-33-39(25-29-44(35)47)38-17-13-20-43(32-38)51(40-18-8-3-9-19-40)41-26-23-37(24-27-41)36-15-6-2-7-16-36/h2-30,32-34H,1,31H2/b12-4-,14-5-. The topological polar surface area (TPSA) is 19.6 Å². The van der Waals surface area contributed by atoms with E-state index >= 15 is 0 Å². The summed E-state index contributed by atoms with van der Waals surface area (Å²) in [4.78, 5) is 4.68. The molecule has 0 radical (unpaired) electrons. The van der Waals surface area contributed by atoms with Crippen molar-refractivity contribution in [1.29, 1.82) is 0 Å². The molecular formula is C49H36N2O. The Labute approximate surface area is 304 Å². The maximum absolute atomic E-state index is 6.32. The molecule has 0 saturated heterocycles. The third-order valence-corrected chi connectivity index (χ3v) is 9.83. The third kappa shape index (κ3) is 5.89. The van der Waals surface area contributed by atoms with Gasteiger partial charge >= 0.3 is 0 Å². The highest BCUT2D eigenvalue weighted by Gasteiger charge is 2.19. The first-order valence-electron chi connectivity index (χ1n) is 17.7. The van der Waals surface area contributed by atoms with Gasteiger partial charge < -0.3 is 14.2 Å². The number of hydrogen-bond donors (Lipinski definition) is 0. The lowest BCUT2D eigenvalue weighted by Gasteiger charge is -2.28. The number of allylic oxidation sites excluding steroid dienone is 4. The van der Waals surface area contributed by atoms with Gasteiger partial charge in [0.25, 0.3) is 0 Å². The van der Waals surface area contributed by atoms with E-state index in [1.54, 1.807) is 0 Å². The van der Waals surface area contributed by atoms with Gasteiger partial charge in [-0.3, -0.25) is 0 Å². The van der Waals surface area contributed by atoms with Gasteiger partial charge in [-0.15, -0.1) is 0 Å². The van der Waals surface area contributed by atoms with Crippen LogP contribution in [0.3, 0.4) is 0 Å². The zero-order chi connectivity index (χ0) is 34.9. The molecule has 1 aliphatic rings. The second-order valence-electron chi connectivity index (χ2n) is 13.1. The number of fused-ring (bicyclic) bond motifs is 4. The summed E-state index contributed by atoms with van der Waals surface area (Å²) in [5.74, 6) is 0. The van der Waals surface area contributed by atoms with Gasteiger partial charge in [0.05, 0.1) is 0 Å². The second kappa shape index (κ2) is 13.5. The Bertz CT molecular complexity index is 2610. The van der Waals surface area contributed by atoms with Gasteiger partial charge in [-0.1, -0.05) is 134 Å². The van der Waals surface area contributed by atoms with E-state index in [4.69, 9.17) is 4.42 Å². The quantitative estimate of drug-likeness (QED) is 0.176. The van der Waals surface area contributed by atoms with Crippen molar-refractivity contribution in [3.05, 3.63) is 206 Å². The summed E-state index contributed by atoms with van der Waals surface area (Å²) in [5, 5.41) is 2.25. The Hall–Kier alpha value is -6.84. The first kappa shape index (κ1) is 31.2.